The minimum Gasteiger partial charge on any atom is -0.385 e. The van der Waals surface area contributed by atoms with Gasteiger partial charge in [-0.2, -0.15) is 5.10 Å². The van der Waals surface area contributed by atoms with Gasteiger partial charge in [0.25, 0.3) is 0 Å². The molecule has 1 atom stereocenters. The van der Waals surface area contributed by atoms with E-state index in [1.54, 1.807) is 35.0 Å². The fourth-order valence-electron chi connectivity index (χ4n) is 4.98. The lowest BCUT2D eigenvalue weighted by Gasteiger charge is -2.41. The molecule has 10 heteroatoms. The van der Waals surface area contributed by atoms with Crippen LogP contribution in [0.25, 0.3) is 11.4 Å². The molecular formula is C28H26FN7O2. The van der Waals surface area contributed by atoms with Crippen molar-refractivity contribution in [1.29, 1.82) is 0 Å². The lowest BCUT2D eigenvalue weighted by molar-refractivity contribution is -0.130. The third-order valence-corrected chi connectivity index (χ3v) is 7.28. The number of hydrogen-bond acceptors (Lipinski definition) is 7. The third-order valence-electron chi connectivity index (χ3n) is 7.28. The highest BCUT2D eigenvalue weighted by Crippen LogP contribution is 2.44. The number of amides is 1. The van der Waals surface area contributed by atoms with Crippen LogP contribution in [0.5, 0.6) is 0 Å². The zero-order valence-electron chi connectivity index (χ0n) is 20.5. The van der Waals surface area contributed by atoms with Crippen molar-refractivity contribution in [3.8, 4) is 11.4 Å². The molecule has 192 valence electrons. The van der Waals surface area contributed by atoms with E-state index >= 15 is 0 Å². The maximum Gasteiger partial charge on any atom is 0.231 e. The topological polar surface area (TPSA) is 124 Å². The highest BCUT2D eigenvalue weighted by Gasteiger charge is 2.46. The van der Waals surface area contributed by atoms with Crippen LogP contribution in [0, 0.1) is 5.82 Å². The normalized spacial score (nSPS) is 18.3. The average molecular weight is 512 g/mol. The molecule has 1 unspecified atom stereocenters. The van der Waals surface area contributed by atoms with Crippen molar-refractivity contribution in [2.45, 2.75) is 37.3 Å². The van der Waals surface area contributed by atoms with Gasteiger partial charge < -0.3 is 15.6 Å². The van der Waals surface area contributed by atoms with Crippen LogP contribution in [0.2, 0.25) is 0 Å². The van der Waals surface area contributed by atoms with Crippen molar-refractivity contribution in [1.82, 2.24) is 20.3 Å². The minimum absolute atomic E-state index is 0.0563. The van der Waals surface area contributed by atoms with E-state index in [4.69, 9.17) is 10.3 Å². The van der Waals surface area contributed by atoms with Crippen LogP contribution >= 0.6 is 0 Å². The average Bonchev–Trinajstić information content (AvgIpc) is 3.57. The molecule has 2 aliphatic rings. The first-order valence-corrected chi connectivity index (χ1v) is 12.5. The van der Waals surface area contributed by atoms with Crippen molar-refractivity contribution in [3.63, 3.8) is 0 Å². The fraction of sp³-hybridized carbons (Fsp3) is 0.250. The first-order chi connectivity index (χ1) is 18.5. The SMILES string of the molecule is NC1=NC(c2cc(-c3ccon3)n(Cc3ccccc3F)n2)=NCC1NC(=O)C1(c2ccccc2)CCC1. The number of carbonyl (C=O) groups excluding carboxylic acids is 1. The van der Waals surface area contributed by atoms with Crippen LogP contribution in [0.15, 0.2) is 87.5 Å². The molecule has 38 heavy (non-hydrogen) atoms. The number of nitrogens with one attached hydrogen (secondary N) is 1. The smallest absolute Gasteiger partial charge is 0.231 e. The second kappa shape index (κ2) is 9.70. The van der Waals surface area contributed by atoms with Gasteiger partial charge in [0, 0.05) is 11.6 Å². The predicted molar refractivity (Wildman–Crippen MR) is 140 cm³/mol. The van der Waals surface area contributed by atoms with Gasteiger partial charge in [0.05, 0.1) is 24.2 Å². The summed E-state index contributed by atoms with van der Waals surface area (Å²) in [5, 5.41) is 11.7. The van der Waals surface area contributed by atoms with Crippen molar-refractivity contribution in [2.75, 3.05) is 6.54 Å². The summed E-state index contributed by atoms with van der Waals surface area (Å²) >= 11 is 0. The highest BCUT2D eigenvalue weighted by atomic mass is 19.1. The van der Waals surface area contributed by atoms with Crippen molar-refractivity contribution in [3.05, 3.63) is 95.6 Å². The van der Waals surface area contributed by atoms with Crippen molar-refractivity contribution in [2.24, 2.45) is 15.7 Å². The van der Waals surface area contributed by atoms with E-state index in [2.05, 4.69) is 25.6 Å². The number of aromatic nitrogens is 3. The van der Waals surface area contributed by atoms with Gasteiger partial charge in [0.15, 0.2) is 5.84 Å². The number of benzene rings is 2. The second-order valence-corrected chi connectivity index (χ2v) is 9.58. The number of halogens is 1. The Kier molecular flexibility index (Phi) is 6.07. The Morgan fingerprint density at radius 2 is 1.89 bits per heavy atom. The molecule has 1 aliphatic carbocycles. The van der Waals surface area contributed by atoms with Crippen LogP contribution in [-0.2, 0) is 16.8 Å². The number of rotatable bonds is 7. The molecule has 0 spiro atoms. The molecule has 1 fully saturated rings. The standard InChI is InChI=1S/C28H26FN7O2/c29-20-10-5-4-7-18(20)17-36-24(21-11-14-38-35-21)15-22(34-36)26-31-16-23(25(30)33-26)32-27(37)28(12-6-13-28)19-8-2-1-3-9-19/h1-5,7-11,14-15,23H,6,12-13,16-17H2,(H,32,37)(H2,30,31,33). The summed E-state index contributed by atoms with van der Waals surface area (Å²) in [7, 11) is 0. The van der Waals surface area contributed by atoms with E-state index in [1.807, 2.05) is 30.3 Å². The molecule has 4 aromatic rings. The maximum atomic E-state index is 14.4. The van der Waals surface area contributed by atoms with Crippen molar-refractivity contribution >= 4 is 17.6 Å². The third kappa shape index (κ3) is 4.27. The molecule has 3 N–H and O–H groups in total. The van der Waals surface area contributed by atoms with Crippen LogP contribution < -0.4 is 11.1 Å². The molecule has 1 amide bonds. The molecule has 0 radical (unpaired) electrons. The Balaban J connectivity index is 1.23. The molecule has 2 aromatic carbocycles. The lowest BCUT2D eigenvalue weighted by Crippen LogP contribution is -2.56. The highest BCUT2D eigenvalue weighted by molar-refractivity contribution is 6.09. The predicted octanol–water partition coefficient (Wildman–Crippen LogP) is 3.45. The van der Waals surface area contributed by atoms with Crippen LogP contribution in [-0.4, -0.2) is 45.1 Å². The second-order valence-electron chi connectivity index (χ2n) is 9.58. The number of aliphatic imine (C=N–C) groups is 2. The van der Waals surface area contributed by atoms with Crippen LogP contribution in [0.1, 0.15) is 36.1 Å². The number of hydrogen-bond donors (Lipinski definition) is 2. The van der Waals surface area contributed by atoms with Gasteiger partial charge in [-0.05, 0) is 30.5 Å². The lowest BCUT2D eigenvalue weighted by atomic mass is 9.63. The number of nitrogens with two attached hydrogens (primary N) is 1. The molecule has 1 aliphatic heterocycles. The van der Waals surface area contributed by atoms with Gasteiger partial charge in [0.1, 0.15) is 35.3 Å². The molecule has 1 saturated carbocycles. The summed E-state index contributed by atoms with van der Waals surface area (Å²) in [6.07, 6.45) is 4.06. The number of nitrogens with zero attached hydrogens (tertiary/aromatic N) is 5. The Morgan fingerprint density at radius 3 is 2.58 bits per heavy atom. The minimum atomic E-state index is -0.538. The Morgan fingerprint density at radius 1 is 1.11 bits per heavy atom. The molecule has 0 bridgehead atoms. The van der Waals surface area contributed by atoms with Gasteiger partial charge in [-0.3, -0.25) is 14.5 Å². The number of amidine groups is 2. The van der Waals surface area contributed by atoms with Gasteiger partial charge >= 0.3 is 0 Å². The van der Waals surface area contributed by atoms with E-state index in [0.29, 0.717) is 28.5 Å². The summed E-state index contributed by atoms with van der Waals surface area (Å²) in [4.78, 5) is 22.4. The number of carbonyl (C=O) groups is 1. The van der Waals surface area contributed by atoms with Crippen LogP contribution in [0.3, 0.4) is 0 Å². The van der Waals surface area contributed by atoms with E-state index in [1.165, 1.54) is 12.3 Å². The molecule has 6 rings (SSSR count). The summed E-state index contributed by atoms with van der Waals surface area (Å²) in [6.45, 7) is 0.419. The monoisotopic (exact) mass is 511 g/mol. The Bertz CT molecular complexity index is 1520. The first kappa shape index (κ1) is 23.8. The van der Waals surface area contributed by atoms with Gasteiger partial charge in [0.2, 0.25) is 5.91 Å². The summed E-state index contributed by atoms with van der Waals surface area (Å²) < 4.78 is 21.0. The van der Waals surface area contributed by atoms with Gasteiger partial charge in [-0.1, -0.05) is 60.1 Å². The molecule has 3 heterocycles. The van der Waals surface area contributed by atoms with E-state index in [0.717, 1.165) is 24.8 Å². The van der Waals surface area contributed by atoms with E-state index < -0.39 is 11.5 Å². The largest absolute Gasteiger partial charge is 0.385 e. The zero-order valence-corrected chi connectivity index (χ0v) is 20.5. The Labute approximate surface area is 218 Å². The molecule has 0 saturated heterocycles. The van der Waals surface area contributed by atoms with E-state index in [9.17, 15) is 9.18 Å². The molecule has 2 aromatic heterocycles. The first-order valence-electron chi connectivity index (χ1n) is 12.5. The van der Waals surface area contributed by atoms with Crippen LogP contribution in [0.4, 0.5) is 4.39 Å². The van der Waals surface area contributed by atoms with E-state index in [-0.39, 0.29) is 30.6 Å². The van der Waals surface area contributed by atoms with Gasteiger partial charge in [-0.15, -0.1) is 0 Å². The summed E-state index contributed by atoms with van der Waals surface area (Å²) in [5.41, 5.74) is 8.91. The summed E-state index contributed by atoms with van der Waals surface area (Å²) in [5.74, 6) is 0.217. The quantitative estimate of drug-likeness (QED) is 0.393. The van der Waals surface area contributed by atoms with Gasteiger partial charge in [-0.25, -0.2) is 9.38 Å². The Hall–Kier alpha value is -4.60. The van der Waals surface area contributed by atoms with Crippen molar-refractivity contribution < 1.29 is 13.7 Å². The molecular weight excluding hydrogens is 485 g/mol. The summed E-state index contributed by atoms with van der Waals surface area (Å²) in [6, 6.07) is 19.3. The maximum absolute atomic E-state index is 14.4. The molecule has 9 nitrogen and oxygen atoms in total. The zero-order chi connectivity index (χ0) is 26.1. The fourth-order valence-corrected chi connectivity index (χ4v) is 4.98.